The van der Waals surface area contributed by atoms with Gasteiger partial charge in [-0.15, -0.1) is 11.8 Å². The largest absolute Gasteiger partial charge is 0.486 e. The second kappa shape index (κ2) is 8.69. The van der Waals surface area contributed by atoms with Gasteiger partial charge in [0.15, 0.2) is 11.5 Å². The highest BCUT2D eigenvalue weighted by atomic mass is 35.5. The van der Waals surface area contributed by atoms with Crippen LogP contribution in [0.2, 0.25) is 5.02 Å². The molecule has 0 aliphatic carbocycles. The molecular weight excluding hydrogens is 370 g/mol. The van der Waals surface area contributed by atoms with Gasteiger partial charge in [-0.1, -0.05) is 24.6 Å². The summed E-state index contributed by atoms with van der Waals surface area (Å²) in [5, 5.41) is 3.64. The van der Waals surface area contributed by atoms with Gasteiger partial charge in [0.25, 0.3) is 0 Å². The Bertz CT molecular complexity index is 766. The van der Waals surface area contributed by atoms with Crippen molar-refractivity contribution in [3.63, 3.8) is 0 Å². The van der Waals surface area contributed by atoms with Crippen LogP contribution in [-0.4, -0.2) is 24.4 Å². The molecule has 0 spiro atoms. The first kappa shape index (κ1) is 18.9. The number of fused-ring (bicyclic) bond motifs is 1. The molecule has 0 saturated heterocycles. The fraction of sp³-hybridized carbons (Fsp3) is 0.350. The first-order valence-electron chi connectivity index (χ1n) is 8.69. The van der Waals surface area contributed by atoms with Gasteiger partial charge in [0.1, 0.15) is 13.2 Å². The van der Waals surface area contributed by atoms with Gasteiger partial charge >= 0.3 is 0 Å². The third kappa shape index (κ3) is 4.65. The van der Waals surface area contributed by atoms with Crippen LogP contribution in [0, 0.1) is 0 Å². The Balaban J connectivity index is 1.64. The second-order valence-corrected chi connectivity index (χ2v) is 7.81. The molecule has 3 rings (SSSR count). The van der Waals surface area contributed by atoms with Gasteiger partial charge in [0, 0.05) is 9.92 Å². The molecule has 4 nitrogen and oxygen atoms in total. The van der Waals surface area contributed by atoms with Crippen molar-refractivity contribution in [3.05, 3.63) is 53.1 Å². The van der Waals surface area contributed by atoms with E-state index in [1.165, 1.54) is 0 Å². The Kier molecular flexibility index (Phi) is 6.33. The van der Waals surface area contributed by atoms with E-state index in [-0.39, 0.29) is 17.2 Å². The van der Waals surface area contributed by atoms with E-state index in [2.05, 4.69) is 5.32 Å². The maximum atomic E-state index is 12.7. The summed E-state index contributed by atoms with van der Waals surface area (Å²) in [6, 6.07) is 13.2. The lowest BCUT2D eigenvalue weighted by Crippen LogP contribution is -2.34. The summed E-state index contributed by atoms with van der Waals surface area (Å²) in [5.41, 5.74) is 0.994. The minimum atomic E-state index is -0.157. The monoisotopic (exact) mass is 391 g/mol. The average molecular weight is 392 g/mol. The number of amides is 1. The number of thioether (sulfide) groups is 1. The van der Waals surface area contributed by atoms with Crippen molar-refractivity contribution in [1.82, 2.24) is 5.32 Å². The van der Waals surface area contributed by atoms with E-state index >= 15 is 0 Å². The normalized spacial score (nSPS) is 15.2. The Morgan fingerprint density at radius 2 is 1.85 bits per heavy atom. The van der Waals surface area contributed by atoms with Crippen LogP contribution in [0.4, 0.5) is 0 Å². The van der Waals surface area contributed by atoms with Crippen LogP contribution in [0.5, 0.6) is 11.5 Å². The van der Waals surface area contributed by atoms with Crippen molar-refractivity contribution >= 4 is 29.3 Å². The van der Waals surface area contributed by atoms with Gasteiger partial charge in [0.2, 0.25) is 5.91 Å². The molecule has 1 amide bonds. The maximum absolute atomic E-state index is 12.7. The molecule has 0 saturated carbocycles. The predicted octanol–water partition coefficient (Wildman–Crippen LogP) is 4.86. The first-order chi connectivity index (χ1) is 12.6. The maximum Gasteiger partial charge on any atom is 0.233 e. The van der Waals surface area contributed by atoms with E-state index in [1.807, 2.05) is 56.3 Å². The van der Waals surface area contributed by atoms with Crippen molar-refractivity contribution in [1.29, 1.82) is 0 Å². The Morgan fingerprint density at radius 1 is 1.15 bits per heavy atom. The molecule has 0 fully saturated rings. The van der Waals surface area contributed by atoms with Gasteiger partial charge in [-0.2, -0.15) is 0 Å². The minimum absolute atomic E-state index is 0.0230. The standard InChI is InChI=1S/C20H22ClNO3S/c1-3-19(26-16-7-5-15(21)6-8-16)20(23)22-13(2)14-4-9-17-18(12-14)25-11-10-24-17/h4-9,12-13,19H,3,10-11H2,1-2H3,(H,22,23)/t13-,19-/m0/s1. The van der Waals surface area contributed by atoms with Crippen LogP contribution in [0.25, 0.3) is 0 Å². The number of halogens is 1. The fourth-order valence-corrected chi connectivity index (χ4v) is 3.81. The van der Waals surface area contributed by atoms with Crippen LogP contribution in [0.1, 0.15) is 31.9 Å². The molecule has 1 aliphatic heterocycles. The van der Waals surface area contributed by atoms with E-state index in [4.69, 9.17) is 21.1 Å². The van der Waals surface area contributed by atoms with E-state index in [0.29, 0.717) is 18.2 Å². The van der Waals surface area contributed by atoms with Crippen molar-refractivity contribution < 1.29 is 14.3 Å². The van der Waals surface area contributed by atoms with Crippen LogP contribution < -0.4 is 14.8 Å². The van der Waals surface area contributed by atoms with Crippen LogP contribution in [-0.2, 0) is 4.79 Å². The smallest absolute Gasteiger partial charge is 0.233 e. The highest BCUT2D eigenvalue weighted by Crippen LogP contribution is 2.33. The van der Waals surface area contributed by atoms with Crippen LogP contribution >= 0.6 is 23.4 Å². The van der Waals surface area contributed by atoms with E-state index in [9.17, 15) is 4.79 Å². The van der Waals surface area contributed by atoms with Crippen molar-refractivity contribution in [2.75, 3.05) is 13.2 Å². The Morgan fingerprint density at radius 3 is 2.54 bits per heavy atom. The predicted molar refractivity (Wildman–Crippen MR) is 105 cm³/mol. The molecule has 0 bridgehead atoms. The van der Waals surface area contributed by atoms with Gasteiger partial charge in [-0.05, 0) is 55.3 Å². The van der Waals surface area contributed by atoms with Crippen molar-refractivity contribution in [2.24, 2.45) is 0 Å². The molecule has 2 aromatic rings. The molecule has 138 valence electrons. The zero-order chi connectivity index (χ0) is 18.5. The van der Waals surface area contributed by atoms with Crippen molar-refractivity contribution in [2.45, 2.75) is 36.5 Å². The second-order valence-electron chi connectivity index (χ2n) is 6.10. The lowest BCUT2D eigenvalue weighted by Gasteiger charge is -2.22. The van der Waals surface area contributed by atoms with Gasteiger partial charge < -0.3 is 14.8 Å². The quantitative estimate of drug-likeness (QED) is 0.714. The molecule has 0 unspecified atom stereocenters. The number of carbonyl (C=O) groups excluding carboxylic acids is 1. The van der Waals surface area contributed by atoms with Crippen LogP contribution in [0.15, 0.2) is 47.4 Å². The molecule has 0 radical (unpaired) electrons. The fourth-order valence-electron chi connectivity index (χ4n) is 2.72. The lowest BCUT2D eigenvalue weighted by molar-refractivity contribution is -0.121. The molecule has 0 aromatic heterocycles. The summed E-state index contributed by atoms with van der Waals surface area (Å²) >= 11 is 7.47. The number of hydrogen-bond acceptors (Lipinski definition) is 4. The zero-order valence-corrected chi connectivity index (χ0v) is 16.4. The summed E-state index contributed by atoms with van der Waals surface area (Å²) in [6.45, 7) is 5.11. The van der Waals surface area contributed by atoms with E-state index in [0.717, 1.165) is 28.4 Å². The third-order valence-electron chi connectivity index (χ3n) is 4.18. The molecule has 6 heteroatoms. The van der Waals surface area contributed by atoms with Gasteiger partial charge in [-0.3, -0.25) is 4.79 Å². The molecule has 2 aromatic carbocycles. The number of rotatable bonds is 6. The third-order valence-corrected chi connectivity index (χ3v) is 5.81. The topological polar surface area (TPSA) is 47.6 Å². The highest BCUT2D eigenvalue weighted by molar-refractivity contribution is 8.00. The molecular formula is C20H22ClNO3S. The molecule has 26 heavy (non-hydrogen) atoms. The van der Waals surface area contributed by atoms with Gasteiger partial charge in [-0.25, -0.2) is 0 Å². The molecule has 1 N–H and O–H groups in total. The highest BCUT2D eigenvalue weighted by Gasteiger charge is 2.21. The average Bonchev–Trinajstić information content (AvgIpc) is 2.67. The van der Waals surface area contributed by atoms with Crippen LogP contribution in [0.3, 0.4) is 0 Å². The van der Waals surface area contributed by atoms with Crippen molar-refractivity contribution in [3.8, 4) is 11.5 Å². The summed E-state index contributed by atoms with van der Waals surface area (Å²) in [4.78, 5) is 13.7. The summed E-state index contributed by atoms with van der Waals surface area (Å²) in [5.74, 6) is 1.51. The summed E-state index contributed by atoms with van der Waals surface area (Å²) in [6.07, 6.45) is 0.743. The minimum Gasteiger partial charge on any atom is -0.486 e. The number of hydrogen-bond donors (Lipinski definition) is 1. The summed E-state index contributed by atoms with van der Waals surface area (Å²) < 4.78 is 11.2. The molecule has 1 heterocycles. The number of nitrogens with one attached hydrogen (secondary N) is 1. The van der Waals surface area contributed by atoms with E-state index in [1.54, 1.807) is 11.8 Å². The molecule has 2 atom stereocenters. The number of benzene rings is 2. The lowest BCUT2D eigenvalue weighted by atomic mass is 10.1. The Labute approximate surface area is 163 Å². The number of ether oxygens (including phenoxy) is 2. The van der Waals surface area contributed by atoms with Gasteiger partial charge in [0.05, 0.1) is 11.3 Å². The number of carbonyl (C=O) groups is 1. The SMILES string of the molecule is CC[C@H](Sc1ccc(Cl)cc1)C(=O)N[C@@H](C)c1ccc2c(c1)OCCO2. The Hall–Kier alpha value is -1.85. The van der Waals surface area contributed by atoms with E-state index < -0.39 is 0 Å². The first-order valence-corrected chi connectivity index (χ1v) is 9.94. The summed E-state index contributed by atoms with van der Waals surface area (Å²) in [7, 11) is 0. The zero-order valence-electron chi connectivity index (χ0n) is 14.8. The molecule has 1 aliphatic rings.